The van der Waals surface area contributed by atoms with E-state index in [9.17, 15) is 35.1 Å². The Morgan fingerprint density at radius 1 is 0.387 bits per heavy atom. The fourth-order valence-electron chi connectivity index (χ4n) is 13.4. The Balaban J connectivity index is 1.90. The minimum absolute atomic E-state index is 0.0187. The quantitative estimate of drug-likeness (QED) is 0.0195. The average molecular weight is 1320 g/mol. The Hall–Kier alpha value is -1.86. The zero-order valence-electron chi connectivity index (χ0n) is 61.5. The molecular formula is C82H157NO10. The zero-order chi connectivity index (χ0) is 67.2. The van der Waals surface area contributed by atoms with Gasteiger partial charge >= 0.3 is 5.97 Å². The summed E-state index contributed by atoms with van der Waals surface area (Å²) in [6.45, 7) is 4.39. The van der Waals surface area contributed by atoms with Crippen LogP contribution >= 0.6 is 0 Å². The van der Waals surface area contributed by atoms with Gasteiger partial charge in [0.25, 0.3) is 0 Å². The summed E-state index contributed by atoms with van der Waals surface area (Å²) in [6.07, 6.45) is 82.2. The third-order valence-electron chi connectivity index (χ3n) is 19.8. The van der Waals surface area contributed by atoms with Gasteiger partial charge in [0.1, 0.15) is 24.4 Å². The van der Waals surface area contributed by atoms with Gasteiger partial charge in [0.05, 0.1) is 32.0 Å². The van der Waals surface area contributed by atoms with Crippen LogP contribution in [0.2, 0.25) is 0 Å². The molecule has 1 saturated heterocycles. The summed E-state index contributed by atoms with van der Waals surface area (Å²) < 4.78 is 16.8. The summed E-state index contributed by atoms with van der Waals surface area (Å²) in [4.78, 5) is 25.1. The van der Waals surface area contributed by atoms with Crippen LogP contribution in [0.15, 0.2) is 24.3 Å². The minimum Gasteiger partial charge on any atom is -0.466 e. The van der Waals surface area contributed by atoms with E-state index in [2.05, 4.69) is 31.3 Å². The first-order valence-electron chi connectivity index (χ1n) is 41.1. The van der Waals surface area contributed by atoms with Gasteiger partial charge in [-0.25, -0.2) is 0 Å². The maximum absolute atomic E-state index is 13.1. The topological polar surface area (TPSA) is 175 Å². The van der Waals surface area contributed by atoms with E-state index in [0.29, 0.717) is 19.4 Å². The molecule has 0 bridgehead atoms. The molecule has 1 fully saturated rings. The highest BCUT2D eigenvalue weighted by Crippen LogP contribution is 2.24. The molecule has 1 aliphatic heterocycles. The highest BCUT2D eigenvalue weighted by Gasteiger charge is 2.44. The first-order chi connectivity index (χ1) is 45.7. The van der Waals surface area contributed by atoms with Crippen LogP contribution in [0.1, 0.15) is 425 Å². The molecule has 1 aliphatic rings. The molecule has 11 nitrogen and oxygen atoms in total. The van der Waals surface area contributed by atoms with Crippen LogP contribution in [0.4, 0.5) is 0 Å². The van der Waals surface area contributed by atoms with E-state index in [0.717, 1.165) is 51.4 Å². The van der Waals surface area contributed by atoms with E-state index in [1.807, 2.05) is 6.08 Å². The third kappa shape index (κ3) is 59.9. The number of amides is 1. The number of nitrogens with one attached hydrogen (secondary N) is 1. The Kier molecular flexibility index (Phi) is 68.5. The summed E-state index contributed by atoms with van der Waals surface area (Å²) in [5, 5.41) is 54.6. The Bertz CT molecular complexity index is 1590. The molecule has 550 valence electrons. The van der Waals surface area contributed by atoms with Gasteiger partial charge in [-0.15, -0.1) is 0 Å². The molecular weight excluding hydrogens is 1160 g/mol. The second-order valence-corrected chi connectivity index (χ2v) is 28.8. The number of hydrogen-bond acceptors (Lipinski definition) is 10. The van der Waals surface area contributed by atoms with Crippen LogP contribution in [0.3, 0.4) is 0 Å². The number of esters is 1. The van der Waals surface area contributed by atoms with E-state index in [4.69, 9.17) is 14.2 Å². The number of aliphatic hydroxyl groups is 5. The second kappa shape index (κ2) is 71.4. The van der Waals surface area contributed by atoms with Crippen molar-refractivity contribution >= 4 is 11.9 Å². The lowest BCUT2D eigenvalue weighted by Gasteiger charge is -2.40. The molecule has 0 spiro atoms. The van der Waals surface area contributed by atoms with Gasteiger partial charge in [-0.1, -0.05) is 391 Å². The fraction of sp³-hybridized carbons (Fsp3) is 0.927. The van der Waals surface area contributed by atoms with Crippen LogP contribution < -0.4 is 5.32 Å². The predicted octanol–water partition coefficient (Wildman–Crippen LogP) is 22.3. The van der Waals surface area contributed by atoms with Crippen LogP contribution in [-0.2, 0) is 23.8 Å². The van der Waals surface area contributed by atoms with Gasteiger partial charge < -0.3 is 45.1 Å². The van der Waals surface area contributed by atoms with Crippen molar-refractivity contribution in [2.45, 2.75) is 468 Å². The monoisotopic (exact) mass is 1320 g/mol. The zero-order valence-corrected chi connectivity index (χ0v) is 61.5. The summed E-state index contributed by atoms with van der Waals surface area (Å²) in [5.41, 5.74) is 0. The molecule has 1 heterocycles. The van der Waals surface area contributed by atoms with Gasteiger partial charge in [-0.2, -0.15) is 0 Å². The second-order valence-electron chi connectivity index (χ2n) is 28.8. The molecule has 0 aromatic rings. The van der Waals surface area contributed by atoms with Gasteiger partial charge in [0, 0.05) is 12.8 Å². The molecule has 7 atom stereocenters. The molecule has 0 radical (unpaired) electrons. The normalized spacial score (nSPS) is 17.5. The van der Waals surface area contributed by atoms with Crippen molar-refractivity contribution in [3.63, 3.8) is 0 Å². The third-order valence-corrected chi connectivity index (χ3v) is 19.8. The number of unbranched alkanes of at least 4 members (excludes halogenated alkanes) is 58. The molecule has 93 heavy (non-hydrogen) atoms. The summed E-state index contributed by atoms with van der Waals surface area (Å²) in [6, 6.07) is -0.823. The maximum Gasteiger partial charge on any atom is 0.305 e. The summed E-state index contributed by atoms with van der Waals surface area (Å²) in [5.74, 6) is -0.164. The van der Waals surface area contributed by atoms with Crippen molar-refractivity contribution in [3.05, 3.63) is 24.3 Å². The fourth-order valence-corrected chi connectivity index (χ4v) is 13.4. The Morgan fingerprint density at radius 3 is 1.06 bits per heavy atom. The van der Waals surface area contributed by atoms with E-state index in [-0.39, 0.29) is 18.5 Å². The number of aliphatic hydroxyl groups excluding tert-OH is 5. The standard InChI is InChI=1S/C82H157NO10/c1-3-5-7-9-11-13-15-16-42-45-49-52-56-60-64-68-75(85)74(73-92-82-81(90)80(89)79(88)76(72-84)93-82)83-77(86)69-65-61-57-53-50-46-43-40-38-36-34-32-30-28-26-24-22-20-18-17-19-21-23-25-27-29-31-33-35-37-39-41-44-47-51-55-59-63-67-71-91-78(87)70-66-62-58-54-48-14-12-10-8-6-4-2/h49,52,64,68,74-76,79-82,84-85,88-90H,3-48,50-51,53-63,65-67,69-73H2,1-2H3,(H,83,86)/b52-49+,68-64+. The SMILES string of the molecule is CCCCCCCCCCC/C=C/CC/C=C/C(O)C(COC1OC(CO)C(O)C(O)C1O)NC(=O)CCCCCCCCCCCCCCCCCCCCCCCCCCCCCCCCCCCCCCCCCOC(=O)CCCCCCCCCCCCC. The first-order valence-corrected chi connectivity index (χ1v) is 41.1. The van der Waals surface area contributed by atoms with Gasteiger partial charge in [-0.3, -0.25) is 9.59 Å². The van der Waals surface area contributed by atoms with E-state index < -0.39 is 49.5 Å². The van der Waals surface area contributed by atoms with Gasteiger partial charge in [-0.05, 0) is 44.9 Å². The predicted molar refractivity (Wildman–Crippen MR) is 394 cm³/mol. The van der Waals surface area contributed by atoms with Crippen molar-refractivity contribution in [2.24, 2.45) is 0 Å². The molecule has 1 amide bonds. The van der Waals surface area contributed by atoms with Crippen molar-refractivity contribution in [1.82, 2.24) is 5.32 Å². The number of allylic oxidation sites excluding steroid dienone is 3. The lowest BCUT2D eigenvalue weighted by atomic mass is 9.99. The lowest BCUT2D eigenvalue weighted by molar-refractivity contribution is -0.302. The number of ether oxygens (including phenoxy) is 3. The highest BCUT2D eigenvalue weighted by atomic mass is 16.7. The molecule has 6 N–H and O–H groups in total. The molecule has 0 aromatic heterocycles. The van der Waals surface area contributed by atoms with Crippen molar-refractivity contribution < 1.29 is 49.3 Å². The number of hydrogen-bond donors (Lipinski definition) is 6. The maximum atomic E-state index is 13.1. The number of carbonyl (C=O) groups is 2. The largest absolute Gasteiger partial charge is 0.466 e. The Morgan fingerprint density at radius 2 is 0.699 bits per heavy atom. The van der Waals surface area contributed by atoms with E-state index in [1.54, 1.807) is 6.08 Å². The summed E-state index contributed by atoms with van der Waals surface area (Å²) in [7, 11) is 0. The smallest absolute Gasteiger partial charge is 0.305 e. The van der Waals surface area contributed by atoms with Crippen LogP contribution in [0.25, 0.3) is 0 Å². The van der Waals surface area contributed by atoms with Crippen LogP contribution in [0, 0.1) is 0 Å². The van der Waals surface area contributed by atoms with Gasteiger partial charge in [0.15, 0.2) is 6.29 Å². The molecule has 0 aromatic carbocycles. The molecule has 0 aliphatic carbocycles. The molecule has 7 unspecified atom stereocenters. The molecule has 0 saturated carbocycles. The summed E-state index contributed by atoms with van der Waals surface area (Å²) >= 11 is 0. The van der Waals surface area contributed by atoms with Crippen LogP contribution in [0.5, 0.6) is 0 Å². The van der Waals surface area contributed by atoms with Crippen molar-refractivity contribution in [1.29, 1.82) is 0 Å². The van der Waals surface area contributed by atoms with Crippen molar-refractivity contribution in [2.75, 3.05) is 19.8 Å². The van der Waals surface area contributed by atoms with E-state index in [1.165, 1.54) is 347 Å². The lowest BCUT2D eigenvalue weighted by Crippen LogP contribution is -2.60. The molecule has 11 heteroatoms. The van der Waals surface area contributed by atoms with Gasteiger partial charge in [0.2, 0.25) is 5.91 Å². The van der Waals surface area contributed by atoms with Crippen molar-refractivity contribution in [3.8, 4) is 0 Å². The molecule has 1 rings (SSSR count). The minimum atomic E-state index is -1.57. The highest BCUT2D eigenvalue weighted by molar-refractivity contribution is 5.76. The number of rotatable bonds is 74. The average Bonchev–Trinajstić information content (AvgIpc) is 1.11. The van der Waals surface area contributed by atoms with E-state index >= 15 is 0 Å². The van der Waals surface area contributed by atoms with Crippen LogP contribution in [-0.4, -0.2) is 100 Å². The Labute approximate surface area is 575 Å². The first kappa shape index (κ1) is 89.2. The number of carbonyl (C=O) groups excluding carboxylic acids is 2.